The lowest BCUT2D eigenvalue weighted by Gasteiger charge is -2.03. The van der Waals surface area contributed by atoms with Gasteiger partial charge in [-0.1, -0.05) is 24.0 Å². The summed E-state index contributed by atoms with van der Waals surface area (Å²) in [6.45, 7) is -0.0398. The molecule has 0 saturated heterocycles. The Morgan fingerprint density at radius 3 is 2.54 bits per heavy atom. The minimum Gasteiger partial charge on any atom is -0.478 e. The Morgan fingerprint density at radius 2 is 1.88 bits per heavy atom. The van der Waals surface area contributed by atoms with Gasteiger partial charge < -0.3 is 10.1 Å². The number of halogens is 2. The fourth-order valence-electron chi connectivity index (χ4n) is 1.95. The van der Waals surface area contributed by atoms with Crippen molar-refractivity contribution < 1.29 is 23.2 Å². The van der Waals surface area contributed by atoms with Gasteiger partial charge in [-0.25, -0.2) is 8.78 Å². The molecule has 2 aromatic carbocycles. The molecule has 0 unspecified atom stereocenters. The number of ether oxygens (including phenoxy) is 1. The highest BCUT2D eigenvalue weighted by molar-refractivity contribution is 5.78. The Morgan fingerprint density at radius 1 is 1.15 bits per heavy atom. The molecule has 8 heteroatoms. The van der Waals surface area contributed by atoms with Crippen molar-refractivity contribution in [1.29, 1.82) is 0 Å². The molecule has 0 bridgehead atoms. The van der Waals surface area contributed by atoms with Crippen LogP contribution in [0, 0.1) is 33.6 Å². The third-order valence-electron chi connectivity index (χ3n) is 3.20. The number of amides is 1. The molecule has 134 valence electrons. The standard InChI is InChI=1S/C18H14F2N2O4/c19-14-5-8-17(16(20)12-14)26-10-2-1-9-21-18(23)11-13-3-6-15(7-4-13)22(24)25/h3-8,12H,9-11H2,(H,21,23). The molecular weight excluding hydrogens is 346 g/mol. The molecule has 2 rings (SSSR count). The highest BCUT2D eigenvalue weighted by Crippen LogP contribution is 2.17. The molecule has 0 atom stereocenters. The summed E-state index contributed by atoms with van der Waals surface area (Å²) in [5, 5.41) is 13.1. The zero-order chi connectivity index (χ0) is 18.9. The van der Waals surface area contributed by atoms with E-state index in [0.29, 0.717) is 11.6 Å². The molecule has 0 aliphatic heterocycles. The number of nitrogens with zero attached hydrogens (tertiary/aromatic N) is 1. The number of hydrogen-bond acceptors (Lipinski definition) is 4. The SMILES string of the molecule is O=C(Cc1ccc([N+](=O)[O-])cc1)NCC#CCOc1ccc(F)cc1F. The molecule has 2 aromatic rings. The summed E-state index contributed by atoms with van der Waals surface area (Å²) in [6.07, 6.45) is 0.0664. The topological polar surface area (TPSA) is 81.5 Å². The lowest BCUT2D eigenvalue weighted by molar-refractivity contribution is -0.384. The van der Waals surface area contributed by atoms with Gasteiger partial charge in [0.1, 0.15) is 12.4 Å². The van der Waals surface area contributed by atoms with Gasteiger partial charge in [-0.15, -0.1) is 0 Å². The normalized spacial score (nSPS) is 9.77. The van der Waals surface area contributed by atoms with Crippen LogP contribution < -0.4 is 10.1 Å². The number of carbonyl (C=O) groups excluding carboxylic acids is 1. The Kier molecular flexibility index (Phi) is 6.62. The molecule has 0 aromatic heterocycles. The van der Waals surface area contributed by atoms with Gasteiger partial charge in [0.2, 0.25) is 5.91 Å². The molecular formula is C18H14F2N2O4. The van der Waals surface area contributed by atoms with Crippen molar-refractivity contribution >= 4 is 11.6 Å². The van der Waals surface area contributed by atoms with E-state index in [1.165, 1.54) is 30.3 Å². The molecule has 1 N–H and O–H groups in total. The van der Waals surface area contributed by atoms with Crippen molar-refractivity contribution in [2.24, 2.45) is 0 Å². The second-order valence-corrected chi connectivity index (χ2v) is 5.09. The molecule has 0 saturated carbocycles. The van der Waals surface area contributed by atoms with Gasteiger partial charge in [-0.2, -0.15) is 0 Å². The Balaban J connectivity index is 1.71. The molecule has 0 aliphatic carbocycles. The zero-order valence-corrected chi connectivity index (χ0v) is 13.5. The second-order valence-electron chi connectivity index (χ2n) is 5.09. The first-order valence-electron chi connectivity index (χ1n) is 7.49. The molecule has 6 nitrogen and oxygen atoms in total. The van der Waals surface area contributed by atoms with Crippen molar-refractivity contribution in [3.8, 4) is 17.6 Å². The first-order chi connectivity index (χ1) is 12.5. The summed E-state index contributed by atoms with van der Waals surface area (Å²) in [4.78, 5) is 21.8. The van der Waals surface area contributed by atoms with E-state index in [-0.39, 0.29) is 36.9 Å². The van der Waals surface area contributed by atoms with Crippen LogP contribution in [0.15, 0.2) is 42.5 Å². The van der Waals surface area contributed by atoms with E-state index in [1.54, 1.807) is 0 Å². The number of nitro groups is 1. The monoisotopic (exact) mass is 360 g/mol. The van der Waals surface area contributed by atoms with Gasteiger partial charge in [-0.05, 0) is 17.7 Å². The second kappa shape index (κ2) is 9.13. The number of hydrogen-bond donors (Lipinski definition) is 1. The summed E-state index contributed by atoms with van der Waals surface area (Å²) in [5.41, 5.74) is 0.591. The van der Waals surface area contributed by atoms with Crippen molar-refractivity contribution in [3.63, 3.8) is 0 Å². The molecule has 0 radical (unpaired) electrons. The first kappa shape index (κ1) is 18.9. The first-order valence-corrected chi connectivity index (χ1v) is 7.49. The van der Waals surface area contributed by atoms with Crippen molar-refractivity contribution in [2.45, 2.75) is 6.42 Å². The van der Waals surface area contributed by atoms with Crippen LogP contribution in [0.4, 0.5) is 14.5 Å². The van der Waals surface area contributed by atoms with Crippen LogP contribution in [0.2, 0.25) is 0 Å². The Labute approximate surface area is 147 Å². The zero-order valence-electron chi connectivity index (χ0n) is 13.5. The third-order valence-corrected chi connectivity index (χ3v) is 3.20. The Hall–Kier alpha value is -3.47. The number of nitro benzene ring substituents is 1. The number of carbonyl (C=O) groups is 1. The third kappa shape index (κ3) is 5.87. The van der Waals surface area contributed by atoms with E-state index in [4.69, 9.17) is 4.74 Å². The van der Waals surface area contributed by atoms with E-state index >= 15 is 0 Å². The van der Waals surface area contributed by atoms with Crippen molar-refractivity contribution in [1.82, 2.24) is 5.32 Å². The maximum Gasteiger partial charge on any atom is 0.269 e. The number of nitrogens with one attached hydrogen (secondary N) is 1. The average Bonchev–Trinajstić information content (AvgIpc) is 2.60. The minimum atomic E-state index is -0.816. The van der Waals surface area contributed by atoms with Crippen molar-refractivity contribution in [3.05, 3.63) is 69.8 Å². The average molecular weight is 360 g/mol. The van der Waals surface area contributed by atoms with Gasteiger partial charge in [0.25, 0.3) is 5.69 Å². The maximum absolute atomic E-state index is 13.3. The van der Waals surface area contributed by atoms with Crippen LogP contribution in [-0.4, -0.2) is 24.0 Å². The van der Waals surface area contributed by atoms with Crippen LogP contribution in [0.3, 0.4) is 0 Å². The van der Waals surface area contributed by atoms with Gasteiger partial charge in [0, 0.05) is 18.2 Å². The van der Waals surface area contributed by atoms with Crippen LogP contribution in [0.25, 0.3) is 0 Å². The molecule has 26 heavy (non-hydrogen) atoms. The van der Waals surface area contributed by atoms with Crippen LogP contribution >= 0.6 is 0 Å². The smallest absolute Gasteiger partial charge is 0.269 e. The minimum absolute atomic E-state index is 0.0439. The van der Waals surface area contributed by atoms with Crippen LogP contribution in [0.5, 0.6) is 5.75 Å². The van der Waals surface area contributed by atoms with E-state index < -0.39 is 16.6 Å². The highest BCUT2D eigenvalue weighted by Gasteiger charge is 2.06. The summed E-state index contributed by atoms with van der Waals surface area (Å²) >= 11 is 0. The van der Waals surface area contributed by atoms with E-state index in [1.807, 2.05) is 0 Å². The van der Waals surface area contributed by atoms with Crippen molar-refractivity contribution in [2.75, 3.05) is 13.2 Å². The fraction of sp³-hybridized carbons (Fsp3) is 0.167. The van der Waals surface area contributed by atoms with Gasteiger partial charge in [0.15, 0.2) is 11.6 Å². The summed E-state index contributed by atoms with van der Waals surface area (Å²) in [5.74, 6) is 3.31. The lowest BCUT2D eigenvalue weighted by atomic mass is 10.1. The molecule has 0 spiro atoms. The quantitative estimate of drug-likeness (QED) is 0.488. The van der Waals surface area contributed by atoms with E-state index in [2.05, 4.69) is 17.2 Å². The predicted octanol–water partition coefficient (Wildman–Crippen LogP) is 2.61. The lowest BCUT2D eigenvalue weighted by Crippen LogP contribution is -2.25. The summed E-state index contributed by atoms with van der Waals surface area (Å²) in [7, 11) is 0. The number of benzene rings is 2. The fourth-order valence-corrected chi connectivity index (χ4v) is 1.95. The predicted molar refractivity (Wildman–Crippen MR) is 89.4 cm³/mol. The van der Waals surface area contributed by atoms with Crippen LogP contribution in [-0.2, 0) is 11.2 Å². The molecule has 0 heterocycles. The highest BCUT2D eigenvalue weighted by atomic mass is 19.1. The van der Waals surface area contributed by atoms with E-state index in [9.17, 15) is 23.7 Å². The maximum atomic E-state index is 13.3. The molecule has 0 fully saturated rings. The summed E-state index contributed by atoms with van der Waals surface area (Å²) in [6, 6.07) is 8.62. The van der Waals surface area contributed by atoms with E-state index in [0.717, 1.165) is 6.07 Å². The molecule has 0 aliphatic rings. The van der Waals surface area contributed by atoms with Gasteiger partial charge in [-0.3, -0.25) is 14.9 Å². The van der Waals surface area contributed by atoms with Gasteiger partial charge >= 0.3 is 0 Å². The largest absolute Gasteiger partial charge is 0.478 e. The number of non-ortho nitro benzene ring substituents is 1. The summed E-state index contributed by atoms with van der Waals surface area (Å²) < 4.78 is 31.1. The Bertz CT molecular complexity index is 858. The number of rotatable bonds is 6. The molecule has 1 amide bonds. The van der Waals surface area contributed by atoms with Gasteiger partial charge in [0.05, 0.1) is 17.9 Å². The van der Waals surface area contributed by atoms with Crippen LogP contribution in [0.1, 0.15) is 5.56 Å².